The van der Waals surface area contributed by atoms with E-state index in [-0.39, 0.29) is 17.6 Å². The van der Waals surface area contributed by atoms with Gasteiger partial charge < -0.3 is 14.6 Å². The van der Waals surface area contributed by atoms with Crippen molar-refractivity contribution >= 4 is 22.2 Å². The molecule has 0 amide bonds. The third kappa shape index (κ3) is 2.98. The molecule has 1 aromatic carbocycles. The molecule has 5 heteroatoms. The molecule has 0 spiro atoms. The van der Waals surface area contributed by atoms with E-state index in [9.17, 15) is 9.90 Å². The first-order valence-corrected chi connectivity index (χ1v) is 6.26. The third-order valence-corrected chi connectivity index (χ3v) is 3.22. The van der Waals surface area contributed by atoms with Crippen LogP contribution in [-0.4, -0.2) is 24.3 Å². The van der Waals surface area contributed by atoms with Crippen LogP contribution in [0.4, 0.5) is 0 Å². The number of aromatic hydroxyl groups is 1. The van der Waals surface area contributed by atoms with Crippen LogP contribution in [0.1, 0.15) is 29.6 Å². The Morgan fingerprint density at radius 3 is 2.94 bits per heavy atom. The number of benzene rings is 1. The molecule has 1 aliphatic heterocycles. The Kier molecular flexibility index (Phi) is 4.02. The Bertz CT molecular complexity index is 413. The average molecular weight is 301 g/mol. The van der Waals surface area contributed by atoms with Gasteiger partial charge in [0.15, 0.2) is 12.6 Å². The fourth-order valence-electron chi connectivity index (χ4n) is 1.69. The zero-order chi connectivity index (χ0) is 12.3. The van der Waals surface area contributed by atoms with E-state index in [1.807, 2.05) is 0 Å². The summed E-state index contributed by atoms with van der Waals surface area (Å²) in [6, 6.07) is 2.95. The van der Waals surface area contributed by atoms with Crippen LogP contribution in [0.3, 0.4) is 0 Å². The van der Waals surface area contributed by atoms with Gasteiger partial charge in [-0.3, -0.25) is 4.79 Å². The van der Waals surface area contributed by atoms with Crippen molar-refractivity contribution in [3.8, 4) is 11.5 Å². The van der Waals surface area contributed by atoms with Crippen LogP contribution < -0.4 is 4.74 Å². The van der Waals surface area contributed by atoms with Crippen LogP contribution in [-0.2, 0) is 4.74 Å². The first kappa shape index (κ1) is 12.4. The minimum absolute atomic E-state index is 0.0889. The molecule has 1 N–H and O–H groups in total. The highest BCUT2D eigenvalue weighted by atomic mass is 79.9. The van der Waals surface area contributed by atoms with E-state index in [0.717, 1.165) is 19.3 Å². The molecule has 0 aliphatic carbocycles. The fourth-order valence-corrected chi connectivity index (χ4v) is 2.14. The van der Waals surface area contributed by atoms with E-state index in [2.05, 4.69) is 15.9 Å². The molecule has 0 bridgehead atoms. The Morgan fingerprint density at radius 1 is 1.47 bits per heavy atom. The van der Waals surface area contributed by atoms with Crippen molar-refractivity contribution in [2.75, 3.05) is 6.61 Å². The Morgan fingerprint density at radius 2 is 2.29 bits per heavy atom. The largest absolute Gasteiger partial charge is 0.507 e. The number of phenols is 1. The van der Waals surface area contributed by atoms with Gasteiger partial charge in [-0.1, -0.05) is 0 Å². The van der Waals surface area contributed by atoms with Crippen LogP contribution in [0.25, 0.3) is 0 Å². The van der Waals surface area contributed by atoms with Crippen LogP contribution in [0, 0.1) is 0 Å². The second-order valence-corrected chi connectivity index (χ2v) is 4.73. The lowest BCUT2D eigenvalue weighted by molar-refractivity contribution is -0.106. The number of hydrogen-bond acceptors (Lipinski definition) is 4. The maximum atomic E-state index is 10.6. The SMILES string of the molecule is O=Cc1cc(Br)c(OC2CCCCO2)cc1O. The maximum Gasteiger partial charge on any atom is 0.199 e. The maximum absolute atomic E-state index is 10.6. The van der Waals surface area contributed by atoms with E-state index in [1.54, 1.807) is 0 Å². The fraction of sp³-hybridized carbons (Fsp3) is 0.417. The number of halogens is 1. The van der Waals surface area contributed by atoms with Crippen molar-refractivity contribution in [1.82, 2.24) is 0 Å². The predicted octanol–water partition coefficient (Wildman–Crippen LogP) is 2.87. The first-order valence-electron chi connectivity index (χ1n) is 5.46. The number of hydrogen-bond donors (Lipinski definition) is 1. The van der Waals surface area contributed by atoms with Crippen LogP contribution in [0.5, 0.6) is 11.5 Å². The standard InChI is InChI=1S/C12H13BrO4/c13-9-5-8(7-14)10(15)6-11(9)17-12-3-1-2-4-16-12/h5-7,12,15H,1-4H2. The molecule has 0 saturated carbocycles. The summed E-state index contributed by atoms with van der Waals surface area (Å²) in [4.78, 5) is 10.6. The van der Waals surface area contributed by atoms with Gasteiger partial charge >= 0.3 is 0 Å². The number of carbonyl (C=O) groups excluding carboxylic acids is 1. The summed E-state index contributed by atoms with van der Waals surface area (Å²) in [5.41, 5.74) is 0.230. The zero-order valence-corrected chi connectivity index (χ0v) is 10.8. The molecule has 1 unspecified atom stereocenters. The van der Waals surface area contributed by atoms with Crippen molar-refractivity contribution in [2.24, 2.45) is 0 Å². The highest BCUT2D eigenvalue weighted by Crippen LogP contribution is 2.33. The van der Waals surface area contributed by atoms with E-state index in [1.165, 1.54) is 12.1 Å². The number of rotatable bonds is 3. The number of carbonyl (C=O) groups is 1. The van der Waals surface area contributed by atoms with E-state index in [0.29, 0.717) is 23.1 Å². The molecule has 0 aromatic heterocycles. The summed E-state index contributed by atoms with van der Waals surface area (Å²) >= 11 is 3.30. The average Bonchev–Trinajstić information content (AvgIpc) is 2.34. The predicted molar refractivity (Wildman–Crippen MR) is 65.4 cm³/mol. The topological polar surface area (TPSA) is 55.8 Å². The molecule has 1 atom stereocenters. The molecule has 1 saturated heterocycles. The third-order valence-electron chi connectivity index (χ3n) is 2.60. The molecule has 92 valence electrons. The van der Waals surface area contributed by atoms with Gasteiger partial charge in [0.25, 0.3) is 0 Å². The van der Waals surface area contributed by atoms with Crippen molar-refractivity contribution in [1.29, 1.82) is 0 Å². The van der Waals surface area contributed by atoms with Crippen LogP contribution >= 0.6 is 15.9 Å². The molecule has 1 heterocycles. The molecule has 1 aliphatic rings. The van der Waals surface area contributed by atoms with Gasteiger partial charge in [0.1, 0.15) is 11.5 Å². The first-order chi connectivity index (χ1) is 8.20. The molecule has 1 aromatic rings. The van der Waals surface area contributed by atoms with Gasteiger partial charge in [-0.15, -0.1) is 0 Å². The zero-order valence-electron chi connectivity index (χ0n) is 9.19. The molecule has 17 heavy (non-hydrogen) atoms. The molecular formula is C12H13BrO4. The Labute approximate surface area is 108 Å². The highest BCUT2D eigenvalue weighted by Gasteiger charge is 2.17. The van der Waals surface area contributed by atoms with E-state index < -0.39 is 0 Å². The van der Waals surface area contributed by atoms with E-state index in [4.69, 9.17) is 9.47 Å². The monoisotopic (exact) mass is 300 g/mol. The normalized spacial score (nSPS) is 19.9. The molecule has 4 nitrogen and oxygen atoms in total. The molecule has 2 rings (SSSR count). The van der Waals surface area contributed by atoms with Crippen molar-refractivity contribution in [3.63, 3.8) is 0 Å². The Balaban J connectivity index is 2.14. The van der Waals surface area contributed by atoms with Gasteiger partial charge in [-0.2, -0.15) is 0 Å². The molecule has 1 fully saturated rings. The summed E-state index contributed by atoms with van der Waals surface area (Å²) < 4.78 is 11.7. The molecule has 0 radical (unpaired) electrons. The summed E-state index contributed by atoms with van der Waals surface area (Å²) in [5.74, 6) is 0.397. The van der Waals surface area contributed by atoms with Crippen molar-refractivity contribution in [3.05, 3.63) is 22.2 Å². The lowest BCUT2D eigenvalue weighted by Gasteiger charge is -2.24. The van der Waals surface area contributed by atoms with Crippen molar-refractivity contribution < 1.29 is 19.4 Å². The highest BCUT2D eigenvalue weighted by molar-refractivity contribution is 9.10. The lowest BCUT2D eigenvalue weighted by atomic mass is 10.2. The molecular weight excluding hydrogens is 288 g/mol. The van der Waals surface area contributed by atoms with Crippen LogP contribution in [0.15, 0.2) is 16.6 Å². The minimum Gasteiger partial charge on any atom is -0.507 e. The Hall–Kier alpha value is -1.07. The van der Waals surface area contributed by atoms with Gasteiger partial charge in [0, 0.05) is 12.5 Å². The van der Waals surface area contributed by atoms with E-state index >= 15 is 0 Å². The summed E-state index contributed by atoms with van der Waals surface area (Å²) in [6.07, 6.45) is 3.28. The summed E-state index contributed by atoms with van der Waals surface area (Å²) in [7, 11) is 0. The van der Waals surface area contributed by atoms with Gasteiger partial charge in [-0.25, -0.2) is 0 Å². The van der Waals surface area contributed by atoms with Crippen LogP contribution in [0.2, 0.25) is 0 Å². The number of ether oxygens (including phenoxy) is 2. The number of aldehydes is 1. The van der Waals surface area contributed by atoms with Gasteiger partial charge in [-0.05, 0) is 34.8 Å². The smallest absolute Gasteiger partial charge is 0.199 e. The summed E-state index contributed by atoms with van der Waals surface area (Å²) in [5, 5.41) is 9.57. The second kappa shape index (κ2) is 5.51. The van der Waals surface area contributed by atoms with Crippen molar-refractivity contribution in [2.45, 2.75) is 25.6 Å². The van der Waals surface area contributed by atoms with Gasteiger partial charge in [0.2, 0.25) is 0 Å². The summed E-state index contributed by atoms with van der Waals surface area (Å²) in [6.45, 7) is 0.695. The second-order valence-electron chi connectivity index (χ2n) is 3.87. The van der Waals surface area contributed by atoms with Gasteiger partial charge in [0.05, 0.1) is 16.6 Å². The number of phenolic OH excluding ortho intramolecular Hbond substituents is 1. The lowest BCUT2D eigenvalue weighted by Crippen LogP contribution is -2.25. The minimum atomic E-state index is -0.276. The quantitative estimate of drug-likeness (QED) is 0.872.